The molecule has 0 spiro atoms. The highest BCUT2D eigenvalue weighted by Gasteiger charge is 1.98. The van der Waals surface area contributed by atoms with Crippen LogP contribution in [0.4, 0.5) is 0 Å². The van der Waals surface area contributed by atoms with Crippen LogP contribution < -0.4 is 5.32 Å². The summed E-state index contributed by atoms with van der Waals surface area (Å²) in [5, 5.41) is 2.93. The minimum absolute atomic E-state index is 0.220. The molecule has 0 aliphatic carbocycles. The van der Waals surface area contributed by atoms with Crippen LogP contribution in [0.2, 0.25) is 0 Å². The predicted octanol–water partition coefficient (Wildman–Crippen LogP) is 6.33. The number of hydrogen-bond acceptors (Lipinski definition) is 1. The number of unbranched alkanes of at least 4 members (excludes halogenated alkanes) is 8. The predicted molar refractivity (Wildman–Crippen MR) is 103 cm³/mol. The molecule has 0 unspecified atom stereocenters. The summed E-state index contributed by atoms with van der Waals surface area (Å²) >= 11 is 0. The minimum Gasteiger partial charge on any atom is -0.356 e. The lowest BCUT2D eigenvalue weighted by molar-refractivity contribution is -0.121. The van der Waals surface area contributed by atoms with Crippen LogP contribution in [-0.4, -0.2) is 12.5 Å². The summed E-state index contributed by atoms with van der Waals surface area (Å²) in [7, 11) is 0. The topological polar surface area (TPSA) is 29.1 Å². The van der Waals surface area contributed by atoms with Crippen LogP contribution in [0.3, 0.4) is 0 Å². The Kier molecular flexibility index (Phi) is 18.1. The highest BCUT2D eigenvalue weighted by atomic mass is 16.1. The van der Waals surface area contributed by atoms with Gasteiger partial charge in [0.05, 0.1) is 0 Å². The van der Waals surface area contributed by atoms with Crippen molar-refractivity contribution in [3.05, 3.63) is 24.3 Å². The third-order valence-corrected chi connectivity index (χ3v) is 3.93. The maximum atomic E-state index is 11.4. The van der Waals surface area contributed by atoms with Gasteiger partial charge in [0.1, 0.15) is 0 Å². The Bertz CT molecular complexity index is 307. The first-order valence-corrected chi connectivity index (χ1v) is 9.88. The Labute approximate surface area is 144 Å². The van der Waals surface area contributed by atoms with E-state index in [2.05, 4.69) is 43.5 Å². The van der Waals surface area contributed by atoms with E-state index in [0.717, 1.165) is 25.8 Å². The molecule has 1 N–H and O–H groups in total. The summed E-state index contributed by atoms with van der Waals surface area (Å²) in [6, 6.07) is 0. The fourth-order valence-electron chi connectivity index (χ4n) is 2.45. The second kappa shape index (κ2) is 19.0. The van der Waals surface area contributed by atoms with E-state index in [-0.39, 0.29) is 5.91 Å². The van der Waals surface area contributed by atoms with Crippen LogP contribution >= 0.6 is 0 Å². The quantitative estimate of drug-likeness (QED) is 0.261. The van der Waals surface area contributed by atoms with Crippen LogP contribution in [0.1, 0.15) is 97.3 Å². The fraction of sp³-hybridized carbons (Fsp3) is 0.762. The van der Waals surface area contributed by atoms with Gasteiger partial charge in [-0.1, -0.05) is 70.3 Å². The maximum absolute atomic E-state index is 11.4. The Morgan fingerprint density at radius 2 is 1.35 bits per heavy atom. The molecule has 0 aliphatic rings. The number of nitrogens with one attached hydrogen (secondary N) is 1. The molecule has 0 fully saturated rings. The molecule has 2 nitrogen and oxygen atoms in total. The van der Waals surface area contributed by atoms with E-state index in [4.69, 9.17) is 0 Å². The molecule has 0 saturated carbocycles. The van der Waals surface area contributed by atoms with Gasteiger partial charge in [0.15, 0.2) is 0 Å². The van der Waals surface area contributed by atoms with Crippen molar-refractivity contribution in [2.75, 3.05) is 6.54 Å². The molecule has 0 radical (unpaired) electrons. The Balaban J connectivity index is 3.23. The normalized spacial score (nSPS) is 11.6. The van der Waals surface area contributed by atoms with Crippen molar-refractivity contribution in [1.82, 2.24) is 5.32 Å². The smallest absolute Gasteiger partial charge is 0.219 e. The molecule has 0 saturated heterocycles. The van der Waals surface area contributed by atoms with Gasteiger partial charge >= 0.3 is 0 Å². The third kappa shape index (κ3) is 18.9. The molecule has 0 atom stereocenters. The van der Waals surface area contributed by atoms with E-state index in [1.54, 1.807) is 0 Å². The zero-order chi connectivity index (χ0) is 17.0. The number of rotatable bonds is 16. The van der Waals surface area contributed by atoms with E-state index < -0.39 is 0 Å². The highest BCUT2D eigenvalue weighted by molar-refractivity contribution is 5.75. The summed E-state index contributed by atoms with van der Waals surface area (Å²) in [5.74, 6) is 0.220. The number of hydrogen-bond donors (Lipinski definition) is 1. The second-order valence-corrected chi connectivity index (χ2v) is 6.33. The molecule has 0 aromatic heterocycles. The van der Waals surface area contributed by atoms with Crippen LogP contribution in [0.5, 0.6) is 0 Å². The largest absolute Gasteiger partial charge is 0.356 e. The Hall–Kier alpha value is -1.05. The molecule has 0 aliphatic heterocycles. The van der Waals surface area contributed by atoms with Gasteiger partial charge in [0.25, 0.3) is 0 Å². The fourth-order valence-corrected chi connectivity index (χ4v) is 2.45. The first kappa shape index (κ1) is 21.9. The van der Waals surface area contributed by atoms with Crippen LogP contribution in [0.15, 0.2) is 24.3 Å². The van der Waals surface area contributed by atoms with Gasteiger partial charge in [-0.15, -0.1) is 0 Å². The summed E-state index contributed by atoms with van der Waals surface area (Å²) in [5.41, 5.74) is 0. The van der Waals surface area contributed by atoms with E-state index >= 15 is 0 Å². The lowest BCUT2D eigenvalue weighted by Crippen LogP contribution is -2.23. The Morgan fingerprint density at radius 3 is 2.00 bits per heavy atom. The summed E-state index contributed by atoms with van der Waals surface area (Å²) in [6.45, 7) is 5.15. The van der Waals surface area contributed by atoms with Gasteiger partial charge < -0.3 is 5.32 Å². The monoisotopic (exact) mass is 321 g/mol. The van der Waals surface area contributed by atoms with Crippen LogP contribution in [0.25, 0.3) is 0 Å². The maximum Gasteiger partial charge on any atom is 0.219 e. The SMILES string of the molecule is CCCCC/C=C\C/C=C\CCCCCCCC(=O)NCCC. The molecule has 0 heterocycles. The summed E-state index contributed by atoms with van der Waals surface area (Å²) in [4.78, 5) is 11.4. The van der Waals surface area contributed by atoms with E-state index in [1.807, 2.05) is 0 Å². The van der Waals surface area contributed by atoms with Crippen molar-refractivity contribution in [2.24, 2.45) is 0 Å². The van der Waals surface area contributed by atoms with Crippen molar-refractivity contribution in [3.63, 3.8) is 0 Å². The van der Waals surface area contributed by atoms with Crippen LogP contribution in [-0.2, 0) is 4.79 Å². The molecule has 2 heteroatoms. The van der Waals surface area contributed by atoms with Gasteiger partial charge in [-0.2, -0.15) is 0 Å². The molecular formula is C21H39NO. The van der Waals surface area contributed by atoms with E-state index in [1.165, 1.54) is 57.8 Å². The highest BCUT2D eigenvalue weighted by Crippen LogP contribution is 2.08. The molecule has 0 rings (SSSR count). The molecule has 1 amide bonds. The van der Waals surface area contributed by atoms with E-state index in [0.29, 0.717) is 6.42 Å². The summed E-state index contributed by atoms with van der Waals surface area (Å²) < 4.78 is 0. The lowest BCUT2D eigenvalue weighted by Gasteiger charge is -2.03. The van der Waals surface area contributed by atoms with Crippen molar-refractivity contribution < 1.29 is 4.79 Å². The van der Waals surface area contributed by atoms with E-state index in [9.17, 15) is 4.79 Å². The molecule has 134 valence electrons. The van der Waals surface area contributed by atoms with Crippen molar-refractivity contribution >= 4 is 5.91 Å². The van der Waals surface area contributed by atoms with Crippen molar-refractivity contribution in [2.45, 2.75) is 97.3 Å². The second-order valence-electron chi connectivity index (χ2n) is 6.33. The molecule has 0 aromatic carbocycles. The lowest BCUT2D eigenvalue weighted by atomic mass is 10.1. The first-order chi connectivity index (χ1) is 11.3. The van der Waals surface area contributed by atoms with Crippen LogP contribution in [0, 0.1) is 0 Å². The van der Waals surface area contributed by atoms with Crippen molar-refractivity contribution in [1.29, 1.82) is 0 Å². The minimum atomic E-state index is 0.220. The molecule has 0 bridgehead atoms. The van der Waals surface area contributed by atoms with Gasteiger partial charge in [0, 0.05) is 13.0 Å². The Morgan fingerprint density at radius 1 is 0.739 bits per heavy atom. The average Bonchev–Trinajstić information content (AvgIpc) is 2.56. The van der Waals surface area contributed by atoms with Gasteiger partial charge in [-0.25, -0.2) is 0 Å². The molecule has 0 aromatic rings. The standard InChI is InChI=1S/C21H39NO/c1-3-5-6-7-8-9-10-11-12-13-14-15-16-17-18-19-21(23)22-20-4-2/h8-9,11-12H,3-7,10,13-20H2,1-2H3,(H,22,23)/b9-8-,12-11-. The number of amides is 1. The molecular weight excluding hydrogens is 282 g/mol. The molecule has 23 heavy (non-hydrogen) atoms. The first-order valence-electron chi connectivity index (χ1n) is 9.88. The third-order valence-electron chi connectivity index (χ3n) is 3.93. The average molecular weight is 322 g/mol. The van der Waals surface area contributed by atoms with Gasteiger partial charge in [-0.3, -0.25) is 4.79 Å². The number of allylic oxidation sites excluding steroid dienone is 4. The zero-order valence-corrected chi connectivity index (χ0v) is 15.6. The van der Waals surface area contributed by atoms with Gasteiger partial charge in [-0.05, 0) is 44.9 Å². The summed E-state index contributed by atoms with van der Waals surface area (Å²) in [6.07, 6.45) is 24.5. The zero-order valence-electron chi connectivity index (χ0n) is 15.6. The number of carbonyl (C=O) groups excluding carboxylic acids is 1. The van der Waals surface area contributed by atoms with Crippen molar-refractivity contribution in [3.8, 4) is 0 Å². The number of carbonyl (C=O) groups is 1. The van der Waals surface area contributed by atoms with Gasteiger partial charge in [0.2, 0.25) is 5.91 Å².